The SMILES string of the molecule is CO[C@@H](C[C@H](C)CO[C@@H]1O[C@H](CO)[C@@H](O)[C@H](O)[C@H]1O)C1=C(C)[C@H]2[C@H](C[C@H]3[C@@H]4CC=C5C[C@@H](O[C@@H]6O[C@H](CO)[C@H](O[C@@H]7O[C@H](CO)[C@@H](O)[C@H](O[C@@H]8OC[C@@H](O)C(O)[C@H]8O)[C@H]7O[C@@H]7O[C@H](CO)[C@@H](O)[C@H](O)[C@H]7O)[C@H](O)[C@H]6O)CC[C@]5(C)[C@H]4CC[C@@]32C)O1. The van der Waals surface area contributed by atoms with Crippen LogP contribution in [0, 0.1) is 40.4 Å². The van der Waals surface area contributed by atoms with E-state index < -0.39 is 187 Å². The summed E-state index contributed by atoms with van der Waals surface area (Å²) < 4.78 is 72.2. The Balaban J connectivity index is 0.785. The maximum absolute atomic E-state index is 11.9. The molecule has 0 amide bonds. The molecular formula is C57H92O28. The quantitative estimate of drug-likeness (QED) is 0.0539. The number of fused-ring (bicyclic) bond motifs is 7. The molecule has 6 aliphatic heterocycles. The molecule has 10 rings (SSSR count). The van der Waals surface area contributed by atoms with Gasteiger partial charge in [-0.1, -0.05) is 32.4 Å². The first-order chi connectivity index (χ1) is 40.4. The highest BCUT2D eigenvalue weighted by molar-refractivity contribution is 5.31. The number of methoxy groups -OCH3 is 1. The van der Waals surface area contributed by atoms with E-state index in [9.17, 15) is 81.7 Å². The number of hydrogen-bond donors (Lipinski definition) is 16. The minimum atomic E-state index is -2.03. The summed E-state index contributed by atoms with van der Waals surface area (Å²) in [6.07, 6.45) is -32.7. The predicted octanol–water partition coefficient (Wildman–Crippen LogP) is -5.00. The molecule has 10 aliphatic rings. The molecule has 6 heterocycles. The fourth-order valence-electron chi connectivity index (χ4n) is 16.1. The third-order valence-electron chi connectivity index (χ3n) is 20.9. The van der Waals surface area contributed by atoms with Gasteiger partial charge in [0, 0.05) is 13.0 Å². The Kier molecular flexibility index (Phi) is 20.9. The molecule has 0 aromatic rings. The smallest absolute Gasteiger partial charge is 0.187 e. The second kappa shape index (κ2) is 26.8. The highest BCUT2D eigenvalue weighted by Crippen LogP contribution is 2.69. The van der Waals surface area contributed by atoms with Crippen LogP contribution in [0.2, 0.25) is 0 Å². The van der Waals surface area contributed by atoms with Crippen molar-refractivity contribution in [2.75, 3.05) is 46.8 Å². The Morgan fingerprint density at radius 3 is 1.81 bits per heavy atom. The minimum absolute atomic E-state index is 0.0176. The van der Waals surface area contributed by atoms with Crippen molar-refractivity contribution in [3.05, 3.63) is 23.0 Å². The fraction of sp³-hybridized carbons (Fsp3) is 0.930. The molecule has 3 saturated carbocycles. The molecule has 28 heteroatoms. The van der Waals surface area contributed by atoms with Crippen molar-refractivity contribution in [3.63, 3.8) is 0 Å². The van der Waals surface area contributed by atoms with E-state index in [4.69, 9.17) is 56.8 Å². The van der Waals surface area contributed by atoms with Crippen molar-refractivity contribution in [2.45, 2.75) is 245 Å². The average molecular weight is 1230 g/mol. The van der Waals surface area contributed by atoms with E-state index in [1.165, 1.54) is 11.1 Å². The van der Waals surface area contributed by atoms with Crippen LogP contribution in [0.4, 0.5) is 0 Å². The molecule has 8 fully saturated rings. The first kappa shape index (κ1) is 66.1. The van der Waals surface area contributed by atoms with Crippen molar-refractivity contribution in [2.24, 2.45) is 40.4 Å². The van der Waals surface area contributed by atoms with E-state index >= 15 is 0 Å². The van der Waals surface area contributed by atoms with E-state index in [2.05, 4.69) is 26.8 Å². The summed E-state index contributed by atoms with van der Waals surface area (Å²) in [7, 11) is 1.66. The molecule has 16 N–H and O–H groups in total. The molecule has 1 unspecified atom stereocenters. The molecule has 488 valence electrons. The van der Waals surface area contributed by atoms with Gasteiger partial charge in [-0.15, -0.1) is 0 Å². The lowest BCUT2D eigenvalue weighted by molar-refractivity contribution is -0.403. The lowest BCUT2D eigenvalue weighted by Crippen LogP contribution is -2.68. The van der Waals surface area contributed by atoms with E-state index in [-0.39, 0.29) is 41.5 Å². The third kappa shape index (κ3) is 12.3. The standard InChI is InChI=1S/C57H92O28/c1-21(19-75-51-44(71)40(67)37(64)31(15-58)79-51)12-30(74-5)47-22(2)35-29(78-47)14-27-25-7-6-23-13-24(8-10-56(23,3)26(25)9-11-57(27,35)4)77-53-46(73)42(69)48(34(18-61)82-53)83-55-50(85-54-45(72)41(68)38(65)32(16-59)80-54)49(39(66)33(17-60)81-55)84-52-43(70)36(63)28(62)20-76-52/h6,21,24-46,48-55,58-73H,7-20H2,1-5H3/t21-,24-,25+,26-,27-,28+,29-,30-,31+,32+,33+,34+,35-,36?,37+,38+,39+,40-,41-,42+,43+,44+,45+,46+,48-,49-,50+,51+,52-,53+,54-,55-,56-,57-/m0/s1. The van der Waals surface area contributed by atoms with Crippen molar-refractivity contribution >= 4 is 0 Å². The van der Waals surface area contributed by atoms with Crippen LogP contribution in [0.5, 0.6) is 0 Å². The van der Waals surface area contributed by atoms with Crippen molar-refractivity contribution in [1.82, 2.24) is 0 Å². The normalized spacial score (nSPS) is 51.7. The molecule has 85 heavy (non-hydrogen) atoms. The Morgan fingerprint density at radius 1 is 0.588 bits per heavy atom. The van der Waals surface area contributed by atoms with Gasteiger partial charge in [-0.3, -0.25) is 0 Å². The Bertz CT molecular complexity index is 2280. The van der Waals surface area contributed by atoms with Crippen molar-refractivity contribution in [3.8, 4) is 0 Å². The minimum Gasteiger partial charge on any atom is -0.491 e. The number of allylic oxidation sites excluding steroid dienone is 1. The zero-order chi connectivity index (χ0) is 61.3. The number of rotatable bonds is 19. The van der Waals surface area contributed by atoms with Gasteiger partial charge in [0.05, 0.1) is 45.7 Å². The van der Waals surface area contributed by atoms with Crippen molar-refractivity contribution in [1.29, 1.82) is 0 Å². The molecule has 0 aromatic carbocycles. The summed E-state index contributed by atoms with van der Waals surface area (Å²) in [5.74, 6) is 2.11. The summed E-state index contributed by atoms with van der Waals surface area (Å²) in [5, 5.41) is 170. The van der Waals surface area contributed by atoms with Gasteiger partial charge >= 0.3 is 0 Å². The van der Waals surface area contributed by atoms with E-state index in [0.717, 1.165) is 37.9 Å². The monoisotopic (exact) mass is 1220 g/mol. The van der Waals surface area contributed by atoms with Gasteiger partial charge < -0.3 is 139 Å². The van der Waals surface area contributed by atoms with Crippen molar-refractivity contribution < 1.29 is 139 Å². The zero-order valence-electron chi connectivity index (χ0n) is 48.5. The maximum Gasteiger partial charge on any atom is 0.187 e. The summed E-state index contributed by atoms with van der Waals surface area (Å²) >= 11 is 0. The lowest BCUT2D eigenvalue weighted by atomic mass is 9.47. The highest BCUT2D eigenvalue weighted by Gasteiger charge is 2.65. The maximum atomic E-state index is 11.9. The van der Waals surface area contributed by atoms with Gasteiger partial charge in [-0.05, 0) is 98.4 Å². The van der Waals surface area contributed by atoms with Crippen LogP contribution in [0.25, 0.3) is 0 Å². The zero-order valence-corrected chi connectivity index (χ0v) is 48.5. The number of aliphatic hydroxyl groups excluding tert-OH is 16. The molecule has 0 radical (unpaired) electrons. The molecule has 0 spiro atoms. The molecule has 0 bridgehead atoms. The number of aliphatic hydroxyl groups is 16. The Labute approximate surface area is 492 Å². The second-order valence-corrected chi connectivity index (χ2v) is 26.0. The molecule has 0 aromatic heterocycles. The van der Waals surface area contributed by atoms with E-state index in [1.54, 1.807) is 7.11 Å². The van der Waals surface area contributed by atoms with Crippen LogP contribution in [0.1, 0.15) is 79.1 Å². The summed E-state index contributed by atoms with van der Waals surface area (Å²) in [4.78, 5) is 0. The van der Waals surface area contributed by atoms with Gasteiger partial charge in [-0.25, -0.2) is 0 Å². The third-order valence-corrected chi connectivity index (χ3v) is 20.9. The van der Waals surface area contributed by atoms with Gasteiger partial charge in [0.25, 0.3) is 0 Å². The van der Waals surface area contributed by atoms with Gasteiger partial charge in [-0.2, -0.15) is 0 Å². The fourth-order valence-corrected chi connectivity index (χ4v) is 16.1. The van der Waals surface area contributed by atoms with Gasteiger partial charge in [0.1, 0.15) is 134 Å². The molecular weight excluding hydrogens is 1130 g/mol. The molecule has 4 aliphatic carbocycles. The Hall–Kier alpha value is -1.80. The van der Waals surface area contributed by atoms with Crippen LogP contribution < -0.4 is 0 Å². The predicted molar refractivity (Wildman–Crippen MR) is 283 cm³/mol. The molecule has 5 saturated heterocycles. The first-order valence-corrected chi connectivity index (χ1v) is 30.1. The summed E-state index contributed by atoms with van der Waals surface area (Å²) in [6.45, 7) is 5.38. The summed E-state index contributed by atoms with van der Waals surface area (Å²) in [5.41, 5.74) is 2.25. The molecule has 34 atom stereocenters. The van der Waals surface area contributed by atoms with E-state index in [1.807, 2.05) is 6.92 Å². The molecule has 28 nitrogen and oxygen atoms in total. The average Bonchev–Trinajstić information content (AvgIpc) is 1.70. The van der Waals surface area contributed by atoms with Crippen LogP contribution >= 0.6 is 0 Å². The Morgan fingerprint density at radius 2 is 1.15 bits per heavy atom. The van der Waals surface area contributed by atoms with Crippen LogP contribution in [-0.4, -0.2) is 294 Å². The number of hydrogen-bond acceptors (Lipinski definition) is 28. The highest BCUT2D eigenvalue weighted by atomic mass is 16.8. The lowest BCUT2D eigenvalue weighted by Gasteiger charge is -2.58. The largest absolute Gasteiger partial charge is 0.491 e. The number of ether oxygens (including phenoxy) is 12. The van der Waals surface area contributed by atoms with Gasteiger partial charge in [0.15, 0.2) is 31.5 Å². The first-order valence-electron chi connectivity index (χ1n) is 30.1. The summed E-state index contributed by atoms with van der Waals surface area (Å²) in [6, 6.07) is 0. The van der Waals surface area contributed by atoms with Gasteiger partial charge in [0.2, 0.25) is 0 Å². The second-order valence-electron chi connectivity index (χ2n) is 26.0. The van der Waals surface area contributed by atoms with Crippen LogP contribution in [0.3, 0.4) is 0 Å². The van der Waals surface area contributed by atoms with Crippen LogP contribution in [0.15, 0.2) is 23.0 Å². The topological polar surface area (TPSA) is 434 Å². The van der Waals surface area contributed by atoms with E-state index in [0.29, 0.717) is 37.0 Å². The van der Waals surface area contributed by atoms with Crippen LogP contribution in [-0.2, 0) is 56.8 Å².